The van der Waals surface area contributed by atoms with Crippen LogP contribution in [0.4, 0.5) is 0 Å². The van der Waals surface area contributed by atoms with Crippen LogP contribution in [-0.2, 0) is 26.7 Å². The van der Waals surface area contributed by atoms with Crippen LogP contribution in [0.15, 0.2) is 42.7 Å². The molecule has 0 fully saturated rings. The van der Waals surface area contributed by atoms with Gasteiger partial charge in [0.25, 0.3) is 0 Å². The van der Waals surface area contributed by atoms with Gasteiger partial charge in [-0.1, -0.05) is 18.2 Å². The van der Waals surface area contributed by atoms with E-state index < -0.39 is 0 Å². The van der Waals surface area contributed by atoms with Gasteiger partial charge >= 0.3 is 0 Å². The van der Waals surface area contributed by atoms with Crippen LogP contribution in [0, 0.1) is 13.8 Å². The van der Waals surface area contributed by atoms with Crippen LogP contribution in [-0.4, -0.2) is 20.0 Å². The van der Waals surface area contributed by atoms with Crippen molar-refractivity contribution in [3.8, 4) is 5.75 Å². The van der Waals surface area contributed by atoms with Crippen LogP contribution in [0.25, 0.3) is 0 Å². The molecule has 2 heterocycles. The smallest absolute Gasteiger partial charge is 0.130 e. The Hall–Kier alpha value is -2.73. The van der Waals surface area contributed by atoms with Gasteiger partial charge in [0.2, 0.25) is 0 Å². The van der Waals surface area contributed by atoms with E-state index in [0.29, 0.717) is 13.2 Å². The van der Waals surface area contributed by atoms with Crippen molar-refractivity contribution in [2.45, 2.75) is 33.5 Å². The zero-order chi connectivity index (χ0) is 17.6. The molecule has 1 N–H and O–H groups in total. The molecule has 130 valence electrons. The number of hydrogen-bond acceptors (Lipinski definition) is 5. The minimum Gasteiger partial charge on any atom is -0.487 e. The summed E-state index contributed by atoms with van der Waals surface area (Å²) in [6.07, 6.45) is 3.56. The molecule has 0 spiro atoms. The number of ether oxygens (including phenoxy) is 1. The average Bonchev–Trinajstić information content (AvgIpc) is 3.00. The van der Waals surface area contributed by atoms with Crippen molar-refractivity contribution in [3.63, 3.8) is 0 Å². The Kier molecular flexibility index (Phi) is 5.40. The van der Waals surface area contributed by atoms with E-state index in [4.69, 9.17) is 4.74 Å². The molecule has 3 aromatic rings. The lowest BCUT2D eigenvalue weighted by atomic mass is 10.1. The number of rotatable bonds is 7. The Morgan fingerprint density at radius 3 is 2.52 bits per heavy atom. The fourth-order valence-corrected chi connectivity index (χ4v) is 2.80. The summed E-state index contributed by atoms with van der Waals surface area (Å²) in [5.74, 6) is 0.934. The molecule has 2 aromatic heterocycles. The SMILES string of the molecule is Cc1cc(CNCc2cnn(C)n2)cc(C)c1OCc1ccccn1. The predicted molar refractivity (Wildman–Crippen MR) is 96.0 cm³/mol. The highest BCUT2D eigenvalue weighted by atomic mass is 16.5. The van der Waals surface area contributed by atoms with Gasteiger partial charge < -0.3 is 10.1 Å². The van der Waals surface area contributed by atoms with Gasteiger partial charge in [-0.25, -0.2) is 0 Å². The largest absolute Gasteiger partial charge is 0.487 e. The van der Waals surface area contributed by atoms with Gasteiger partial charge in [-0.15, -0.1) is 0 Å². The fraction of sp³-hybridized carbons (Fsp3) is 0.316. The molecule has 1 aromatic carbocycles. The molecule has 6 nitrogen and oxygen atoms in total. The molecule has 0 saturated heterocycles. The molecule has 0 amide bonds. The maximum absolute atomic E-state index is 5.98. The number of nitrogens with one attached hydrogen (secondary N) is 1. The normalized spacial score (nSPS) is 10.8. The van der Waals surface area contributed by atoms with Crippen molar-refractivity contribution in [2.24, 2.45) is 7.05 Å². The third-order valence-corrected chi connectivity index (χ3v) is 3.89. The summed E-state index contributed by atoms with van der Waals surface area (Å²) >= 11 is 0. The maximum atomic E-state index is 5.98. The molecule has 0 aliphatic rings. The van der Waals surface area contributed by atoms with E-state index in [9.17, 15) is 0 Å². The molecule has 0 aliphatic heterocycles. The second-order valence-corrected chi connectivity index (χ2v) is 6.10. The van der Waals surface area contributed by atoms with Gasteiger partial charge in [0.1, 0.15) is 12.4 Å². The number of benzene rings is 1. The third-order valence-electron chi connectivity index (χ3n) is 3.89. The second kappa shape index (κ2) is 7.90. The van der Waals surface area contributed by atoms with Crippen molar-refractivity contribution in [2.75, 3.05) is 0 Å². The topological polar surface area (TPSA) is 64.9 Å². The Morgan fingerprint density at radius 2 is 1.88 bits per heavy atom. The van der Waals surface area contributed by atoms with E-state index in [0.717, 1.165) is 34.8 Å². The first kappa shape index (κ1) is 17.1. The Morgan fingerprint density at radius 1 is 1.08 bits per heavy atom. The zero-order valence-corrected chi connectivity index (χ0v) is 14.9. The third kappa shape index (κ3) is 4.64. The minimum absolute atomic E-state index is 0.479. The second-order valence-electron chi connectivity index (χ2n) is 6.10. The average molecular weight is 337 g/mol. The summed E-state index contributed by atoms with van der Waals surface area (Å²) in [6, 6.07) is 10.2. The molecule has 6 heteroatoms. The van der Waals surface area contributed by atoms with E-state index in [1.165, 1.54) is 5.56 Å². The number of hydrogen-bond donors (Lipinski definition) is 1. The molecule has 3 rings (SSSR count). The van der Waals surface area contributed by atoms with Crippen molar-refractivity contribution in [1.29, 1.82) is 0 Å². The predicted octanol–water partition coefficient (Wildman–Crippen LogP) is 2.70. The minimum atomic E-state index is 0.479. The van der Waals surface area contributed by atoms with E-state index in [1.807, 2.05) is 25.2 Å². The highest BCUT2D eigenvalue weighted by Gasteiger charge is 2.08. The first-order valence-electron chi connectivity index (χ1n) is 8.30. The summed E-state index contributed by atoms with van der Waals surface area (Å²) in [6.45, 7) is 6.11. The Bertz CT molecular complexity index is 806. The van der Waals surface area contributed by atoms with Gasteiger partial charge in [0.15, 0.2) is 0 Å². The van der Waals surface area contributed by atoms with Crippen LogP contribution in [0.2, 0.25) is 0 Å². The highest BCUT2D eigenvalue weighted by molar-refractivity contribution is 5.43. The number of aromatic nitrogens is 4. The molecule has 0 bridgehead atoms. The van der Waals surface area contributed by atoms with Crippen molar-refractivity contribution in [3.05, 3.63) is 70.8 Å². The Balaban J connectivity index is 1.59. The lowest BCUT2D eigenvalue weighted by Gasteiger charge is -2.14. The van der Waals surface area contributed by atoms with E-state index in [1.54, 1.807) is 17.2 Å². The quantitative estimate of drug-likeness (QED) is 0.718. The van der Waals surface area contributed by atoms with Crippen LogP contribution >= 0.6 is 0 Å². The van der Waals surface area contributed by atoms with Crippen molar-refractivity contribution < 1.29 is 4.74 Å². The molecule has 25 heavy (non-hydrogen) atoms. The zero-order valence-electron chi connectivity index (χ0n) is 14.9. The lowest BCUT2D eigenvalue weighted by molar-refractivity contribution is 0.297. The number of pyridine rings is 1. The monoisotopic (exact) mass is 337 g/mol. The van der Waals surface area contributed by atoms with Crippen LogP contribution in [0.3, 0.4) is 0 Å². The fourth-order valence-electron chi connectivity index (χ4n) is 2.80. The van der Waals surface area contributed by atoms with Crippen LogP contribution < -0.4 is 10.1 Å². The summed E-state index contributed by atoms with van der Waals surface area (Å²) in [7, 11) is 1.82. The van der Waals surface area contributed by atoms with Crippen LogP contribution in [0.1, 0.15) is 28.1 Å². The summed E-state index contributed by atoms with van der Waals surface area (Å²) in [4.78, 5) is 5.86. The Labute approximate surface area is 147 Å². The molecule has 0 atom stereocenters. The van der Waals surface area contributed by atoms with Gasteiger partial charge in [-0.05, 0) is 42.7 Å². The molecule has 0 saturated carbocycles. The summed E-state index contributed by atoms with van der Waals surface area (Å²) in [5, 5.41) is 11.7. The van der Waals surface area contributed by atoms with E-state index >= 15 is 0 Å². The van der Waals surface area contributed by atoms with Gasteiger partial charge in [0, 0.05) is 26.3 Å². The van der Waals surface area contributed by atoms with E-state index in [2.05, 4.69) is 46.5 Å². The molecule has 0 unspecified atom stereocenters. The number of nitrogens with zero attached hydrogens (tertiary/aromatic N) is 4. The molecular formula is C19H23N5O. The molecular weight excluding hydrogens is 314 g/mol. The molecule has 0 aliphatic carbocycles. The first-order chi connectivity index (χ1) is 12.1. The summed E-state index contributed by atoms with van der Waals surface area (Å²) in [5.41, 5.74) is 5.35. The van der Waals surface area contributed by atoms with Crippen molar-refractivity contribution >= 4 is 0 Å². The van der Waals surface area contributed by atoms with Gasteiger partial charge in [-0.3, -0.25) is 4.98 Å². The van der Waals surface area contributed by atoms with E-state index in [-0.39, 0.29) is 0 Å². The maximum Gasteiger partial charge on any atom is 0.130 e. The molecule has 0 radical (unpaired) electrons. The van der Waals surface area contributed by atoms with Gasteiger partial charge in [0.05, 0.1) is 17.6 Å². The van der Waals surface area contributed by atoms with Gasteiger partial charge in [-0.2, -0.15) is 15.0 Å². The van der Waals surface area contributed by atoms with Crippen molar-refractivity contribution in [1.82, 2.24) is 25.3 Å². The standard InChI is InChI=1S/C19H23N5O/c1-14-8-16(10-20-11-18-12-22-24(3)23-18)9-15(2)19(14)25-13-17-6-4-5-7-21-17/h4-9,12,20H,10-11,13H2,1-3H3. The lowest BCUT2D eigenvalue weighted by Crippen LogP contribution is -2.14. The summed E-state index contributed by atoms with van der Waals surface area (Å²) < 4.78 is 5.98. The van der Waals surface area contributed by atoms with Crippen LogP contribution in [0.5, 0.6) is 5.75 Å². The number of aryl methyl sites for hydroxylation is 3. The highest BCUT2D eigenvalue weighted by Crippen LogP contribution is 2.25. The first-order valence-corrected chi connectivity index (χ1v) is 8.30.